The summed E-state index contributed by atoms with van der Waals surface area (Å²) in [7, 11) is 0. The van der Waals surface area contributed by atoms with Crippen LogP contribution in [0.1, 0.15) is 5.56 Å². The molecule has 148 valence electrons. The van der Waals surface area contributed by atoms with E-state index in [9.17, 15) is 13.2 Å². The van der Waals surface area contributed by atoms with Crippen molar-refractivity contribution in [2.75, 3.05) is 17.2 Å². The summed E-state index contributed by atoms with van der Waals surface area (Å²) in [6.45, 7) is 1.84. The molecule has 0 spiro atoms. The van der Waals surface area contributed by atoms with E-state index in [4.69, 9.17) is 11.2 Å². The van der Waals surface area contributed by atoms with Crippen molar-refractivity contribution in [3.63, 3.8) is 0 Å². The van der Waals surface area contributed by atoms with Crippen LogP contribution in [0, 0.1) is 25.1 Å². The first-order valence-electron chi connectivity index (χ1n) is 8.39. The van der Waals surface area contributed by atoms with Crippen LogP contribution in [-0.4, -0.2) is 25.3 Å². The lowest BCUT2D eigenvalue weighted by molar-refractivity contribution is 0.370. The molecule has 1 unspecified atom stereocenters. The molecule has 0 bridgehead atoms. The summed E-state index contributed by atoms with van der Waals surface area (Å²) in [5.74, 6) is 2.38. The third-order valence-corrected chi connectivity index (χ3v) is 4.61. The zero-order valence-corrected chi connectivity index (χ0v) is 16.1. The monoisotopic (exact) mass is 411 g/mol. The lowest BCUT2D eigenvalue weighted by Gasteiger charge is -2.13. The van der Waals surface area contributed by atoms with Crippen LogP contribution in [0.5, 0.6) is 5.75 Å². The summed E-state index contributed by atoms with van der Waals surface area (Å²) in [6.07, 6.45) is 6.16. The van der Waals surface area contributed by atoms with Crippen molar-refractivity contribution in [3.05, 3.63) is 60.0 Å². The van der Waals surface area contributed by atoms with Gasteiger partial charge < -0.3 is 19.9 Å². The Balaban J connectivity index is 1.77. The minimum absolute atomic E-state index is 0.0421. The average molecular weight is 411 g/mol. The second-order valence-corrected chi connectivity index (χ2v) is 6.78. The van der Waals surface area contributed by atoms with E-state index in [0.717, 1.165) is 6.20 Å². The molecule has 1 heterocycles. The van der Waals surface area contributed by atoms with Crippen LogP contribution in [0.15, 0.2) is 53.6 Å². The maximum absolute atomic E-state index is 14.1. The van der Waals surface area contributed by atoms with Gasteiger partial charge >= 0.3 is 0 Å². The molecule has 1 aromatic heterocycles. The van der Waals surface area contributed by atoms with Crippen molar-refractivity contribution in [2.45, 2.75) is 11.8 Å². The number of benzene rings is 2. The highest BCUT2D eigenvalue weighted by molar-refractivity contribution is 7.79. The molecule has 3 aromatic rings. The van der Waals surface area contributed by atoms with Gasteiger partial charge in [0.15, 0.2) is 11.6 Å². The molecule has 0 saturated carbocycles. The van der Waals surface area contributed by atoms with E-state index >= 15 is 0 Å². The highest BCUT2D eigenvalue weighted by Crippen LogP contribution is 2.24. The fourth-order valence-electron chi connectivity index (χ4n) is 2.40. The Kier molecular flexibility index (Phi) is 6.39. The van der Waals surface area contributed by atoms with Gasteiger partial charge in [-0.3, -0.25) is 4.21 Å². The zero-order valence-electron chi connectivity index (χ0n) is 15.3. The van der Waals surface area contributed by atoms with Gasteiger partial charge in [-0.2, -0.15) is 4.98 Å². The quantitative estimate of drug-likeness (QED) is 0.452. The van der Waals surface area contributed by atoms with Gasteiger partial charge in [-0.15, -0.1) is 6.42 Å². The highest BCUT2D eigenvalue weighted by atomic mass is 32.2. The minimum atomic E-state index is -2.37. The topological polar surface area (TPSA) is 99.2 Å². The van der Waals surface area contributed by atoms with Crippen LogP contribution < -0.4 is 15.4 Å². The molecule has 0 fully saturated rings. The zero-order chi connectivity index (χ0) is 20.8. The summed E-state index contributed by atoms with van der Waals surface area (Å²) in [4.78, 5) is 8.16. The molecule has 0 aliphatic rings. The SMILES string of the molecule is C#CCOc1ccc(Nc2nc(Nc3ccc(C)c(S(=O)[O-])c3)ncc2F)cc1. The Labute approximate surface area is 169 Å². The first kappa shape index (κ1) is 20.3. The van der Waals surface area contributed by atoms with Crippen LogP contribution in [0.3, 0.4) is 0 Å². The Morgan fingerprint density at radius 3 is 2.62 bits per heavy atom. The van der Waals surface area contributed by atoms with Crippen molar-refractivity contribution < 1.29 is 17.9 Å². The molecule has 9 heteroatoms. The summed E-state index contributed by atoms with van der Waals surface area (Å²) in [5, 5.41) is 5.73. The highest BCUT2D eigenvalue weighted by Gasteiger charge is 2.09. The number of nitrogens with zero attached hydrogens (tertiary/aromatic N) is 2. The van der Waals surface area contributed by atoms with E-state index in [0.29, 0.717) is 22.7 Å². The van der Waals surface area contributed by atoms with Gasteiger partial charge in [0.1, 0.15) is 12.4 Å². The van der Waals surface area contributed by atoms with Gasteiger partial charge in [0.25, 0.3) is 0 Å². The number of ether oxygens (including phenoxy) is 1. The second-order valence-electron chi connectivity index (χ2n) is 5.87. The van der Waals surface area contributed by atoms with Gasteiger partial charge in [0, 0.05) is 16.3 Å². The van der Waals surface area contributed by atoms with Crippen LogP contribution in [0.25, 0.3) is 0 Å². The van der Waals surface area contributed by atoms with Gasteiger partial charge in [-0.05, 0) is 60.0 Å². The predicted octanol–water partition coefficient (Wildman–Crippen LogP) is 3.66. The van der Waals surface area contributed by atoms with Crippen molar-refractivity contribution in [3.8, 4) is 18.1 Å². The fraction of sp³-hybridized carbons (Fsp3) is 0.100. The average Bonchev–Trinajstić information content (AvgIpc) is 2.71. The third-order valence-electron chi connectivity index (χ3n) is 3.81. The lowest BCUT2D eigenvalue weighted by atomic mass is 10.2. The number of nitrogens with one attached hydrogen (secondary N) is 2. The van der Waals surface area contributed by atoms with Gasteiger partial charge in [0.2, 0.25) is 5.95 Å². The molecule has 1 atom stereocenters. The molecule has 0 saturated heterocycles. The Hall–Kier alpha value is -3.48. The molecule has 0 aliphatic carbocycles. The first-order chi connectivity index (χ1) is 14.0. The Morgan fingerprint density at radius 2 is 1.93 bits per heavy atom. The van der Waals surface area contributed by atoms with E-state index in [-0.39, 0.29) is 23.3 Å². The van der Waals surface area contributed by atoms with Gasteiger partial charge in [0.05, 0.1) is 6.20 Å². The van der Waals surface area contributed by atoms with Crippen molar-refractivity contribution >= 4 is 34.2 Å². The molecule has 2 aromatic carbocycles. The number of hydrogen-bond donors (Lipinski definition) is 2. The standard InChI is InChI=1S/C20H17FN4O3S/c1-3-10-28-16-8-6-14(7-9-16)23-19-17(21)12-22-20(25-19)24-15-5-4-13(2)18(11-15)29(26)27/h1,4-9,11-12H,10H2,2H3,(H,26,27)(H2,22,23,24,25)/p-1. The predicted molar refractivity (Wildman–Crippen MR) is 108 cm³/mol. The molecule has 0 radical (unpaired) electrons. The summed E-state index contributed by atoms with van der Waals surface area (Å²) in [6, 6.07) is 11.5. The number of aromatic nitrogens is 2. The van der Waals surface area contributed by atoms with E-state index in [1.54, 1.807) is 43.3 Å². The summed E-state index contributed by atoms with van der Waals surface area (Å²) >= 11 is -2.37. The number of rotatable bonds is 7. The first-order valence-corrected chi connectivity index (χ1v) is 9.46. The molecular weight excluding hydrogens is 395 g/mol. The normalized spacial score (nSPS) is 11.4. The minimum Gasteiger partial charge on any atom is -0.768 e. The molecule has 3 rings (SSSR count). The smallest absolute Gasteiger partial charge is 0.229 e. The third kappa shape index (κ3) is 5.28. The van der Waals surface area contributed by atoms with Crippen molar-refractivity contribution in [2.24, 2.45) is 0 Å². The number of halogens is 1. The largest absolute Gasteiger partial charge is 0.768 e. The summed E-state index contributed by atoms with van der Waals surface area (Å²) in [5.41, 5.74) is 1.66. The molecular formula is C20H16FN4O3S-. The Morgan fingerprint density at radius 1 is 1.21 bits per heavy atom. The van der Waals surface area contributed by atoms with Crippen LogP contribution in [-0.2, 0) is 11.1 Å². The van der Waals surface area contributed by atoms with E-state index in [2.05, 4.69) is 26.5 Å². The number of hydrogen-bond acceptors (Lipinski definition) is 7. The second kappa shape index (κ2) is 9.14. The van der Waals surface area contributed by atoms with Crippen molar-refractivity contribution in [1.82, 2.24) is 9.97 Å². The lowest BCUT2D eigenvalue weighted by Crippen LogP contribution is -2.04. The molecule has 29 heavy (non-hydrogen) atoms. The van der Waals surface area contributed by atoms with Gasteiger partial charge in [-0.25, -0.2) is 9.37 Å². The number of anilines is 4. The van der Waals surface area contributed by atoms with E-state index in [1.807, 2.05) is 0 Å². The van der Waals surface area contributed by atoms with Crippen molar-refractivity contribution in [1.29, 1.82) is 0 Å². The maximum atomic E-state index is 14.1. The Bertz CT molecular complexity index is 1080. The summed E-state index contributed by atoms with van der Waals surface area (Å²) < 4.78 is 42.0. The van der Waals surface area contributed by atoms with Crippen LogP contribution in [0.4, 0.5) is 27.5 Å². The number of terminal acetylenes is 1. The fourth-order valence-corrected chi connectivity index (χ4v) is 2.95. The van der Waals surface area contributed by atoms with Crippen LogP contribution in [0.2, 0.25) is 0 Å². The van der Waals surface area contributed by atoms with Gasteiger partial charge in [-0.1, -0.05) is 12.0 Å². The number of aryl methyl sites for hydroxylation is 1. The maximum Gasteiger partial charge on any atom is 0.229 e. The molecule has 0 aliphatic heterocycles. The molecule has 0 amide bonds. The molecule has 2 N–H and O–H groups in total. The van der Waals surface area contributed by atoms with E-state index < -0.39 is 16.9 Å². The molecule has 7 nitrogen and oxygen atoms in total. The van der Waals surface area contributed by atoms with Crippen LogP contribution >= 0.6 is 0 Å². The van der Waals surface area contributed by atoms with E-state index in [1.165, 1.54) is 6.07 Å².